The van der Waals surface area contributed by atoms with Gasteiger partial charge < -0.3 is 4.98 Å². The summed E-state index contributed by atoms with van der Waals surface area (Å²) in [6.07, 6.45) is 0. The molecule has 0 saturated heterocycles. The van der Waals surface area contributed by atoms with Crippen molar-refractivity contribution in [3.05, 3.63) is 29.6 Å². The van der Waals surface area contributed by atoms with Gasteiger partial charge in [0.15, 0.2) is 19.9 Å². The van der Waals surface area contributed by atoms with Crippen LogP contribution in [0, 0.1) is 17.5 Å². The minimum absolute atomic E-state index is 0.0507. The van der Waals surface area contributed by atoms with Crippen molar-refractivity contribution in [2.75, 3.05) is 4.98 Å². The first-order chi connectivity index (χ1) is 9.12. The van der Waals surface area contributed by atoms with E-state index in [0.29, 0.717) is 22.7 Å². The average Bonchev–Trinajstić information content (AvgIpc) is 2.30. The second-order valence-electron chi connectivity index (χ2n) is 6.27. The Labute approximate surface area is 120 Å². The quantitative estimate of drug-likeness (QED) is 0.544. The normalized spacial score (nSPS) is 12.6. The van der Waals surface area contributed by atoms with Gasteiger partial charge in [0.25, 0.3) is 0 Å². The zero-order valence-corrected chi connectivity index (χ0v) is 14.0. The molecule has 5 heteroatoms. The van der Waals surface area contributed by atoms with Crippen molar-refractivity contribution in [1.29, 1.82) is 0 Å². The van der Waals surface area contributed by atoms with Crippen LogP contribution >= 0.6 is 0 Å². The second-order valence-corrected chi connectivity index (χ2v) is 11.9. The average molecular weight is 303 g/mol. The smallest absolute Gasteiger partial charge is 0.181 e. The number of hydrogen-bond donors (Lipinski definition) is 1. The van der Waals surface area contributed by atoms with Crippen LogP contribution in [0.5, 0.6) is 0 Å². The molecule has 114 valence electrons. The lowest BCUT2D eigenvalue weighted by Crippen LogP contribution is -2.52. The topological polar surface area (TPSA) is 12.0 Å². The lowest BCUT2D eigenvalue weighted by molar-refractivity contribution is 0.498. The van der Waals surface area contributed by atoms with Crippen molar-refractivity contribution in [3.63, 3.8) is 0 Å². The molecule has 0 unspecified atom stereocenters. The Morgan fingerprint density at radius 2 is 1.30 bits per heavy atom. The summed E-state index contributed by atoms with van der Waals surface area (Å²) in [6.45, 7) is 12.5. The fourth-order valence-electron chi connectivity index (χ4n) is 3.31. The Bertz CT molecular complexity index is 451. The summed E-state index contributed by atoms with van der Waals surface area (Å²) < 4.78 is 40.7. The van der Waals surface area contributed by atoms with Crippen LogP contribution in [0.4, 0.5) is 18.9 Å². The molecule has 0 saturated carbocycles. The van der Waals surface area contributed by atoms with Gasteiger partial charge in [0.2, 0.25) is 0 Å². The third kappa shape index (κ3) is 3.02. The molecule has 0 spiro atoms. The van der Waals surface area contributed by atoms with E-state index in [1.807, 2.05) is 0 Å². The van der Waals surface area contributed by atoms with Gasteiger partial charge in [-0.1, -0.05) is 41.5 Å². The fourth-order valence-corrected chi connectivity index (χ4v) is 8.83. The fraction of sp³-hybridized carbons (Fsp3) is 0.600. The van der Waals surface area contributed by atoms with E-state index in [0.717, 1.165) is 6.07 Å². The molecule has 1 nitrogen and oxygen atoms in total. The molecule has 0 aromatic heterocycles. The largest absolute Gasteiger partial charge is 0.407 e. The molecule has 0 amide bonds. The highest BCUT2D eigenvalue weighted by molar-refractivity contribution is 6.86. The van der Waals surface area contributed by atoms with Crippen molar-refractivity contribution in [2.24, 2.45) is 0 Å². The van der Waals surface area contributed by atoms with Gasteiger partial charge in [0.1, 0.15) is 5.82 Å². The van der Waals surface area contributed by atoms with Gasteiger partial charge in [0, 0.05) is 6.07 Å². The zero-order chi connectivity index (χ0) is 15.7. The third-order valence-corrected chi connectivity index (χ3v) is 10.6. The van der Waals surface area contributed by atoms with E-state index in [1.54, 1.807) is 0 Å². The molecule has 0 aliphatic heterocycles. The van der Waals surface area contributed by atoms with E-state index < -0.39 is 25.7 Å². The molecule has 0 heterocycles. The van der Waals surface area contributed by atoms with Crippen LogP contribution < -0.4 is 4.98 Å². The zero-order valence-electron chi connectivity index (χ0n) is 13.0. The Kier molecular flexibility index (Phi) is 5.30. The molecule has 1 rings (SSSR count). The molecule has 0 aliphatic rings. The Hall–Kier alpha value is -0.973. The van der Waals surface area contributed by atoms with Gasteiger partial charge in [-0.2, -0.15) is 0 Å². The molecule has 0 fully saturated rings. The number of anilines is 1. The van der Waals surface area contributed by atoms with E-state index in [2.05, 4.69) is 46.5 Å². The highest BCUT2D eigenvalue weighted by Gasteiger charge is 2.44. The Morgan fingerprint density at radius 1 is 0.850 bits per heavy atom. The van der Waals surface area contributed by atoms with Crippen molar-refractivity contribution in [1.82, 2.24) is 0 Å². The van der Waals surface area contributed by atoms with Crippen LogP contribution in [0.25, 0.3) is 0 Å². The minimum Gasteiger partial charge on any atom is -0.407 e. The molecular formula is C15H24F3NSi. The highest BCUT2D eigenvalue weighted by Crippen LogP contribution is 2.42. The van der Waals surface area contributed by atoms with Crippen LogP contribution in [0.3, 0.4) is 0 Å². The first kappa shape index (κ1) is 17.1. The summed E-state index contributed by atoms with van der Waals surface area (Å²) >= 11 is 0. The summed E-state index contributed by atoms with van der Waals surface area (Å²) in [5, 5.41) is 0. The summed E-state index contributed by atoms with van der Waals surface area (Å²) in [5.41, 5.74) is 0.889. The molecule has 0 aliphatic carbocycles. The summed E-state index contributed by atoms with van der Waals surface area (Å²) in [7, 11) is -2.17. The lowest BCUT2D eigenvalue weighted by Gasteiger charge is -2.44. The monoisotopic (exact) mass is 303 g/mol. The molecule has 1 N–H and O–H groups in total. The molecule has 1 aromatic carbocycles. The Morgan fingerprint density at radius 3 is 1.70 bits per heavy atom. The van der Waals surface area contributed by atoms with Crippen LogP contribution in [0.2, 0.25) is 16.6 Å². The molecule has 0 radical (unpaired) electrons. The van der Waals surface area contributed by atoms with Crippen LogP contribution in [-0.4, -0.2) is 8.24 Å². The van der Waals surface area contributed by atoms with Crippen molar-refractivity contribution < 1.29 is 13.2 Å². The summed E-state index contributed by atoms with van der Waals surface area (Å²) in [4.78, 5) is 3.22. The summed E-state index contributed by atoms with van der Waals surface area (Å²) in [5.74, 6) is -2.90. The number of nitrogens with one attached hydrogen (secondary N) is 1. The van der Waals surface area contributed by atoms with Gasteiger partial charge in [-0.15, -0.1) is 0 Å². The molecule has 20 heavy (non-hydrogen) atoms. The van der Waals surface area contributed by atoms with Crippen molar-refractivity contribution in [2.45, 2.75) is 58.2 Å². The lowest BCUT2D eigenvalue weighted by atomic mass is 10.3. The SMILES string of the molecule is CC(C)[Si](Nc1cc(F)cc(F)c1F)(C(C)C)C(C)C. The molecule has 0 atom stereocenters. The number of benzene rings is 1. The van der Waals surface area contributed by atoms with Crippen molar-refractivity contribution in [3.8, 4) is 0 Å². The maximum atomic E-state index is 13.9. The predicted molar refractivity (Wildman–Crippen MR) is 81.0 cm³/mol. The molecule has 1 aromatic rings. The highest BCUT2D eigenvalue weighted by atomic mass is 28.3. The molecular weight excluding hydrogens is 279 g/mol. The number of rotatable bonds is 5. The van der Waals surface area contributed by atoms with Crippen LogP contribution in [0.1, 0.15) is 41.5 Å². The van der Waals surface area contributed by atoms with Gasteiger partial charge in [-0.3, -0.25) is 0 Å². The molecule has 0 bridgehead atoms. The standard InChI is InChI=1S/C15H24F3NSi/c1-9(2)20(10(3)4,11(5)6)19-14-8-12(16)7-13(17)15(14)18/h7-11,19H,1-6H3. The maximum absolute atomic E-state index is 13.9. The minimum atomic E-state index is -2.17. The van der Waals surface area contributed by atoms with Crippen LogP contribution in [-0.2, 0) is 0 Å². The van der Waals surface area contributed by atoms with Crippen molar-refractivity contribution >= 4 is 13.9 Å². The van der Waals surface area contributed by atoms with Gasteiger partial charge in [-0.25, -0.2) is 13.2 Å². The second kappa shape index (κ2) is 6.20. The van der Waals surface area contributed by atoms with E-state index in [4.69, 9.17) is 0 Å². The van der Waals surface area contributed by atoms with Crippen LogP contribution in [0.15, 0.2) is 12.1 Å². The predicted octanol–water partition coefficient (Wildman–Crippen LogP) is 5.69. The third-order valence-electron chi connectivity index (χ3n) is 4.21. The first-order valence-corrected chi connectivity index (χ1v) is 9.28. The first-order valence-electron chi connectivity index (χ1n) is 7.05. The number of hydrogen-bond acceptors (Lipinski definition) is 1. The van der Waals surface area contributed by atoms with E-state index >= 15 is 0 Å². The Balaban J connectivity index is 3.34. The van der Waals surface area contributed by atoms with E-state index in [9.17, 15) is 13.2 Å². The van der Waals surface area contributed by atoms with Gasteiger partial charge >= 0.3 is 0 Å². The maximum Gasteiger partial charge on any atom is 0.181 e. The number of halogens is 3. The summed E-state index contributed by atoms with van der Waals surface area (Å²) in [6, 6.07) is 1.62. The van der Waals surface area contributed by atoms with E-state index in [1.165, 1.54) is 0 Å². The van der Waals surface area contributed by atoms with Gasteiger partial charge in [0.05, 0.1) is 5.69 Å². The van der Waals surface area contributed by atoms with Gasteiger partial charge in [-0.05, 0) is 22.7 Å². The van der Waals surface area contributed by atoms with E-state index in [-0.39, 0.29) is 5.69 Å².